The summed E-state index contributed by atoms with van der Waals surface area (Å²) < 4.78 is 35.1. The average Bonchev–Trinajstić information content (AvgIpc) is 1.64. The van der Waals surface area contributed by atoms with E-state index in [1.165, 1.54) is 160 Å². The Labute approximate surface area is 871 Å². The predicted octanol–water partition coefficient (Wildman–Crippen LogP) is 29.1. The van der Waals surface area contributed by atoms with Gasteiger partial charge in [0.15, 0.2) is 0 Å². The summed E-state index contributed by atoms with van der Waals surface area (Å²) >= 11 is -4.18. The van der Waals surface area contributed by atoms with Gasteiger partial charge in [-0.3, -0.25) is 4.99 Å². The van der Waals surface area contributed by atoms with Gasteiger partial charge >= 0.3 is 366 Å². The quantitative estimate of drug-likeness (QED) is 0.0417. The van der Waals surface area contributed by atoms with Gasteiger partial charge in [0.1, 0.15) is 21.7 Å². The number of aromatic hydroxyl groups is 1. The molecule has 739 valence electrons. The Hall–Kier alpha value is -7.39. The van der Waals surface area contributed by atoms with Crippen molar-refractivity contribution in [2.75, 3.05) is 64.2 Å². The Morgan fingerprint density at radius 3 is 1.26 bits per heavy atom. The van der Waals surface area contributed by atoms with Crippen LogP contribution in [0.2, 0.25) is 0 Å². The van der Waals surface area contributed by atoms with Crippen LogP contribution in [-0.4, -0.2) is 124 Å². The number of hydrogen-bond acceptors (Lipinski definition) is 9. The number of anilines is 2. The molecular formula is C118H138Cl5N6O4P2Ru3S. The number of allylic oxidation sites excluding steroid dienone is 2. The average molecular weight is 2280 g/mol. The first-order valence-electron chi connectivity index (χ1n) is 48.5. The number of rotatable bonds is 17. The molecule has 10 nitrogen and oxygen atoms in total. The molecule has 21 heteroatoms. The van der Waals surface area contributed by atoms with Crippen LogP contribution >= 0.6 is 64.3 Å². The number of aryl methyl sites for hydroxylation is 7. The number of aliphatic imine (C=N–C) groups is 1. The zero-order valence-corrected chi connectivity index (χ0v) is 94.4. The van der Waals surface area contributed by atoms with Crippen molar-refractivity contribution in [3.8, 4) is 11.5 Å². The zero-order valence-electron chi connectivity index (χ0n) is 82.6. The number of para-hydroxylation sites is 2. The summed E-state index contributed by atoms with van der Waals surface area (Å²) in [6.45, 7) is 27.8. The molecule has 2 aliphatic heterocycles. The molecule has 2 heterocycles. The third-order valence-electron chi connectivity index (χ3n) is 25.9. The molecule has 5 aliphatic carbocycles. The van der Waals surface area contributed by atoms with E-state index in [0.717, 1.165) is 38.3 Å². The molecule has 5 fully saturated rings. The minimum Gasteiger partial charge on any atom is -0.0620 e. The van der Waals surface area contributed by atoms with Crippen LogP contribution in [0.3, 0.4) is 0 Å². The molecule has 12 aromatic rings. The molecule has 0 amide bonds. The number of benzene rings is 12. The first kappa shape index (κ1) is 110. The van der Waals surface area contributed by atoms with E-state index in [-0.39, 0.29) is 40.4 Å². The van der Waals surface area contributed by atoms with E-state index in [1.54, 1.807) is 131 Å². The topological polar surface area (TPSA) is 92.2 Å². The SMILES string of the molecule is C1CCC([PH+](C2CCCCC2)C2CCCCC2)CC1.CC(C)Oc1ccc(S(=O)(=O)N(C)C)cc1[CH]=[Ru]([Cl])[Cl].CN1[CH-]N(C)CC1.Cc1cc(C)c(N2[CH-]N(c3c(C)cc(C)cc3C)CC2)c(C)c1.Cc1ccccc1N=Cc1ccccc1O.[Cl][Ru]([Cl])=[C]1C=C(c2ccccc2)c2ccccc21.[Cl][Ru]=[C]1C=C(c2ccccc2)c2ccccc21.c1ccc([PH+](c2ccccc2)c2ccccc2)cc1. The van der Waals surface area contributed by atoms with E-state index in [2.05, 4.69) is 300 Å². The summed E-state index contributed by atoms with van der Waals surface area (Å²) in [5.41, 5.74) is 27.9. The van der Waals surface area contributed by atoms with Gasteiger partial charge in [-0.2, -0.15) is 6.67 Å². The normalized spacial score (nSPS) is 16.1. The van der Waals surface area contributed by atoms with Gasteiger partial charge in [-0.25, -0.2) is 6.67 Å². The number of phenols is 1. The molecule has 2 saturated heterocycles. The van der Waals surface area contributed by atoms with Gasteiger partial charge in [0.25, 0.3) is 0 Å². The maximum atomic E-state index is 12.1. The number of fused-ring (bicyclic) bond motifs is 2. The van der Waals surface area contributed by atoms with Crippen LogP contribution in [0.1, 0.15) is 194 Å². The van der Waals surface area contributed by atoms with Gasteiger partial charge in [-0.1, -0.05) is 140 Å². The van der Waals surface area contributed by atoms with Gasteiger partial charge in [-0.05, 0) is 235 Å². The van der Waals surface area contributed by atoms with Crippen molar-refractivity contribution in [1.29, 1.82) is 0 Å². The van der Waals surface area contributed by atoms with Crippen LogP contribution in [0.15, 0.2) is 313 Å². The third-order valence-corrected chi connectivity index (χ3v) is 41.9. The number of nitrogens with zero attached hydrogens (tertiary/aromatic N) is 6. The Kier molecular flexibility index (Phi) is 44.6. The summed E-state index contributed by atoms with van der Waals surface area (Å²) in [5, 5.41) is 13.9. The Balaban J connectivity index is 0.000000144. The molecule has 3 saturated carbocycles. The van der Waals surface area contributed by atoms with Crippen LogP contribution in [0.4, 0.5) is 17.1 Å². The maximum Gasteiger partial charge on any atom is 0.102 e. The second-order valence-electron chi connectivity index (χ2n) is 37.0. The van der Waals surface area contributed by atoms with E-state index in [1.807, 2.05) is 87.5 Å². The number of ether oxygens (including phenoxy) is 1. The molecule has 7 aliphatic rings. The van der Waals surface area contributed by atoms with Gasteiger partial charge < -0.3 is 24.7 Å². The Morgan fingerprint density at radius 1 is 0.460 bits per heavy atom. The van der Waals surface area contributed by atoms with Crippen LogP contribution in [-0.2, 0) is 52.7 Å². The first-order chi connectivity index (χ1) is 67.1. The standard InChI is InChI=1S/C21H27N2.C18H33P.C18H15P.2C15H10.C14H13NO.C12H17NO3S.C5H11N2.5ClH.3Ru/c1-14-9-16(3)20(17(4)10-14)22-7-8-23(13-22)21-18(5)11-15(2)12-19(21)6;2*1-4-10-16(11-5-1)19(17-12-6-2-7-13-17)18-14-8-3-9-15-18;2*1-2-6-12(7-3-1)15-11-10-13-8-4-5-9-14(13)15;1-11-6-2-4-8-13(11)15-10-12-7-3-5-9-14(12)16;1-9(2)16-12-7-6-11(8-10(12)3)17(14,15)13(4)5;1-6-3-4-7(2)5-6;;;;;;;;/h9-13H,7-8H2,1-6H3;16-18H,1-15H2;1-15H;2*1-9,11H;2-10,16H,1H3;3,6-9H,1-2,4-5H3;5H,3-4H2,1-2H3;5*1H;;;/q-1;;;;;;;-1;;;;;;+1;2*+2/p-3. The van der Waals surface area contributed by atoms with Crippen molar-refractivity contribution >= 4 is 137 Å². The summed E-state index contributed by atoms with van der Waals surface area (Å²) in [4.78, 5) is 13.7. The fourth-order valence-electron chi connectivity index (χ4n) is 19.6. The van der Waals surface area contributed by atoms with Crippen molar-refractivity contribution in [3.63, 3.8) is 0 Å². The van der Waals surface area contributed by atoms with E-state index in [0.29, 0.717) is 11.3 Å². The van der Waals surface area contributed by atoms with Gasteiger partial charge in [0.2, 0.25) is 0 Å². The van der Waals surface area contributed by atoms with Crippen molar-refractivity contribution in [2.24, 2.45) is 4.99 Å². The van der Waals surface area contributed by atoms with E-state index in [4.69, 9.17) is 53.2 Å². The summed E-state index contributed by atoms with van der Waals surface area (Å²) in [5.74, 6) is 0.831. The molecule has 0 unspecified atom stereocenters. The van der Waals surface area contributed by atoms with Crippen molar-refractivity contribution in [3.05, 3.63) is 400 Å². The fourth-order valence-corrected chi connectivity index (χ4v) is 34.2. The predicted molar refractivity (Wildman–Crippen MR) is 598 cm³/mol. The van der Waals surface area contributed by atoms with Crippen molar-refractivity contribution in [2.45, 2.75) is 187 Å². The minimum absolute atomic E-state index is 0.0234. The second kappa shape index (κ2) is 56.2. The number of hydrogen-bond donors (Lipinski definition) is 1. The molecule has 19 rings (SSSR count). The zero-order chi connectivity index (χ0) is 98.9. The molecule has 0 spiro atoms. The molecule has 0 atom stereocenters. The molecule has 139 heavy (non-hydrogen) atoms. The number of halogens is 5. The minimum atomic E-state index is -3.49. The molecule has 1 N–H and O–H groups in total. The molecule has 0 bridgehead atoms. The molecular weight excluding hydrogens is 2140 g/mol. The maximum absolute atomic E-state index is 12.1. The molecule has 0 radical (unpaired) electrons. The number of likely N-dealkylation sites (N-methyl/N-ethyl adjacent to an activating group) is 2. The van der Waals surface area contributed by atoms with Crippen LogP contribution in [0.25, 0.3) is 11.1 Å². The molecule has 12 aromatic carbocycles. The van der Waals surface area contributed by atoms with Gasteiger partial charge in [0.05, 0.1) is 30.6 Å². The van der Waals surface area contributed by atoms with Crippen molar-refractivity contribution in [1.82, 2.24) is 14.1 Å². The molecule has 0 aromatic heterocycles. The van der Waals surface area contributed by atoms with Gasteiger partial charge in [0, 0.05) is 44.2 Å². The Bertz CT molecular complexity index is 5970. The largest absolute Gasteiger partial charge is 0.102 e. The van der Waals surface area contributed by atoms with Crippen molar-refractivity contribution < 1.29 is 61.0 Å². The van der Waals surface area contributed by atoms with Crippen LogP contribution in [0.5, 0.6) is 11.5 Å². The Morgan fingerprint density at radius 2 is 0.856 bits per heavy atom. The second-order valence-corrected chi connectivity index (χ2v) is 58.7. The van der Waals surface area contributed by atoms with Gasteiger partial charge in [-0.15, -0.1) is 0 Å². The monoisotopic (exact) mass is 2280 g/mol. The summed E-state index contributed by atoms with van der Waals surface area (Å²) in [6, 6.07) is 99.0. The number of phenolic OH excluding ortho intramolecular Hbond substituents is 1. The summed E-state index contributed by atoms with van der Waals surface area (Å²) in [6.07, 6.45) is 29.8. The summed E-state index contributed by atoms with van der Waals surface area (Å²) in [7, 11) is 33.0. The van der Waals surface area contributed by atoms with E-state index < -0.39 is 45.0 Å². The third kappa shape index (κ3) is 32.3. The van der Waals surface area contributed by atoms with E-state index >= 15 is 0 Å². The number of sulfonamides is 1. The van der Waals surface area contributed by atoms with Crippen LogP contribution < -0.4 is 30.5 Å². The fraction of sp³-hybridized carbons (Fsp3) is 0.305. The smallest absolute Gasteiger partial charge is 0.0620 e. The van der Waals surface area contributed by atoms with E-state index in [9.17, 15) is 13.5 Å². The van der Waals surface area contributed by atoms with Crippen LogP contribution in [0, 0.1) is 61.8 Å². The first-order valence-corrected chi connectivity index (χ1v) is 67.1.